The molecule has 0 aliphatic carbocycles. The summed E-state index contributed by atoms with van der Waals surface area (Å²) in [5.74, 6) is -3.65. The van der Waals surface area contributed by atoms with Crippen LogP contribution in [0.4, 0.5) is 0 Å². The molecule has 0 fully saturated rings. The minimum absolute atomic E-state index is 0.281. The van der Waals surface area contributed by atoms with Gasteiger partial charge in [-0.3, -0.25) is 0 Å². The molecule has 0 radical (unpaired) electrons. The fourth-order valence-electron chi connectivity index (χ4n) is 1.60. The molecule has 1 aromatic rings. The first-order valence-corrected chi connectivity index (χ1v) is 4.89. The van der Waals surface area contributed by atoms with Crippen molar-refractivity contribution in [3.05, 3.63) is 24.0 Å². The Labute approximate surface area is 92.3 Å². The number of carboxylic acids is 2. The van der Waals surface area contributed by atoms with E-state index in [9.17, 15) is 0 Å². The average Bonchev–Trinajstić information content (AvgIpc) is 2.68. The fourth-order valence-corrected chi connectivity index (χ4v) is 1.60. The molecule has 1 aliphatic rings. The summed E-state index contributed by atoms with van der Waals surface area (Å²) < 4.78 is 2.24. The molecule has 1 aromatic heterocycles. The first-order valence-electron chi connectivity index (χ1n) is 4.89. The minimum atomic E-state index is -1.82. The lowest BCUT2D eigenvalue weighted by Crippen LogP contribution is -2.20. The number of hydrogen-bond acceptors (Lipinski definition) is 3. The maximum atomic E-state index is 9.10. The normalized spacial score (nSPS) is 17.9. The van der Waals surface area contributed by atoms with Crippen molar-refractivity contribution in [3.8, 4) is 0 Å². The summed E-state index contributed by atoms with van der Waals surface area (Å²) in [6, 6.07) is 4.47. The number of aryl methyl sites for hydroxylation is 1. The Morgan fingerprint density at radius 1 is 1.38 bits per heavy atom. The van der Waals surface area contributed by atoms with Crippen LogP contribution in [0.3, 0.4) is 0 Å². The molecular weight excluding hydrogens is 212 g/mol. The van der Waals surface area contributed by atoms with Gasteiger partial charge in [-0.1, -0.05) is 0 Å². The summed E-state index contributed by atoms with van der Waals surface area (Å²) in [5, 5.41) is 14.8. The van der Waals surface area contributed by atoms with Crippen molar-refractivity contribution in [2.24, 2.45) is 5.73 Å². The van der Waals surface area contributed by atoms with E-state index in [4.69, 9.17) is 25.5 Å². The first-order chi connectivity index (χ1) is 7.52. The highest BCUT2D eigenvalue weighted by Gasteiger charge is 2.14. The van der Waals surface area contributed by atoms with Crippen LogP contribution in [0.2, 0.25) is 0 Å². The highest BCUT2D eigenvalue weighted by Crippen LogP contribution is 2.22. The number of carbonyl (C=O) groups is 2. The van der Waals surface area contributed by atoms with Gasteiger partial charge >= 0.3 is 11.9 Å². The van der Waals surface area contributed by atoms with Crippen LogP contribution in [0.1, 0.15) is 24.6 Å². The van der Waals surface area contributed by atoms with Gasteiger partial charge in [-0.05, 0) is 25.0 Å². The molecule has 0 aromatic carbocycles. The zero-order chi connectivity index (χ0) is 12.1. The van der Waals surface area contributed by atoms with Gasteiger partial charge in [-0.2, -0.15) is 0 Å². The summed E-state index contributed by atoms with van der Waals surface area (Å²) in [5.41, 5.74) is 7.17. The number of fused-ring (bicyclic) bond motifs is 1. The van der Waals surface area contributed by atoms with E-state index in [2.05, 4.69) is 22.9 Å². The van der Waals surface area contributed by atoms with E-state index in [0.29, 0.717) is 0 Å². The monoisotopic (exact) mass is 226 g/mol. The summed E-state index contributed by atoms with van der Waals surface area (Å²) in [7, 11) is 0. The Morgan fingerprint density at radius 3 is 2.50 bits per heavy atom. The van der Waals surface area contributed by atoms with E-state index < -0.39 is 11.9 Å². The minimum Gasteiger partial charge on any atom is -0.473 e. The van der Waals surface area contributed by atoms with Gasteiger partial charge < -0.3 is 20.5 Å². The molecule has 6 nitrogen and oxygen atoms in total. The molecule has 0 bridgehead atoms. The van der Waals surface area contributed by atoms with Gasteiger partial charge in [0.15, 0.2) is 0 Å². The molecule has 0 saturated heterocycles. The third kappa shape index (κ3) is 3.09. The van der Waals surface area contributed by atoms with Crippen molar-refractivity contribution in [2.45, 2.75) is 25.4 Å². The largest absolute Gasteiger partial charge is 0.473 e. The van der Waals surface area contributed by atoms with Crippen molar-refractivity contribution in [1.82, 2.24) is 4.57 Å². The number of hydrogen-bond donors (Lipinski definition) is 3. The van der Waals surface area contributed by atoms with E-state index in [0.717, 1.165) is 13.0 Å². The molecule has 1 atom stereocenters. The van der Waals surface area contributed by atoms with Crippen LogP contribution in [0.25, 0.3) is 0 Å². The van der Waals surface area contributed by atoms with Crippen molar-refractivity contribution in [2.75, 3.05) is 0 Å². The summed E-state index contributed by atoms with van der Waals surface area (Å²) >= 11 is 0. The Hall–Kier alpha value is -1.82. The Bertz CT molecular complexity index is 374. The maximum Gasteiger partial charge on any atom is 0.414 e. The molecule has 0 amide bonds. The number of carboxylic acid groups (broad SMARTS) is 2. The molecule has 88 valence electrons. The molecule has 1 aliphatic heterocycles. The van der Waals surface area contributed by atoms with E-state index in [1.54, 1.807) is 0 Å². The second-order valence-corrected chi connectivity index (χ2v) is 3.49. The maximum absolute atomic E-state index is 9.10. The highest BCUT2D eigenvalue weighted by molar-refractivity contribution is 6.27. The molecule has 2 rings (SSSR count). The number of nitrogens with zero attached hydrogens (tertiary/aromatic N) is 1. The van der Waals surface area contributed by atoms with Crippen LogP contribution >= 0.6 is 0 Å². The van der Waals surface area contributed by atoms with E-state index in [-0.39, 0.29) is 6.04 Å². The van der Waals surface area contributed by atoms with Crippen LogP contribution in [0.15, 0.2) is 18.3 Å². The predicted octanol–water partition coefficient (Wildman–Crippen LogP) is 0.437. The Morgan fingerprint density at radius 2 is 2.00 bits per heavy atom. The van der Waals surface area contributed by atoms with Crippen LogP contribution in [-0.4, -0.2) is 26.7 Å². The lowest BCUT2D eigenvalue weighted by Gasteiger charge is -2.20. The summed E-state index contributed by atoms with van der Waals surface area (Å²) in [4.78, 5) is 18.2. The molecule has 16 heavy (non-hydrogen) atoms. The molecule has 0 saturated carbocycles. The van der Waals surface area contributed by atoms with Crippen molar-refractivity contribution in [1.29, 1.82) is 0 Å². The van der Waals surface area contributed by atoms with E-state index >= 15 is 0 Å². The van der Waals surface area contributed by atoms with Gasteiger partial charge in [0.2, 0.25) is 0 Å². The summed E-state index contributed by atoms with van der Waals surface area (Å²) in [6.45, 7) is 1.15. The first kappa shape index (κ1) is 12.3. The van der Waals surface area contributed by atoms with Crippen LogP contribution in [0.5, 0.6) is 0 Å². The van der Waals surface area contributed by atoms with Gasteiger partial charge in [0.05, 0.1) is 0 Å². The van der Waals surface area contributed by atoms with Gasteiger partial charge in [0.25, 0.3) is 0 Å². The smallest absolute Gasteiger partial charge is 0.414 e. The van der Waals surface area contributed by atoms with Gasteiger partial charge in [0, 0.05) is 24.5 Å². The second-order valence-electron chi connectivity index (χ2n) is 3.49. The number of nitrogens with two attached hydrogens (primary N) is 1. The number of aliphatic carboxylic acids is 2. The third-order valence-electron chi connectivity index (χ3n) is 2.34. The van der Waals surface area contributed by atoms with Crippen molar-refractivity contribution >= 4 is 11.9 Å². The van der Waals surface area contributed by atoms with E-state index in [1.165, 1.54) is 12.1 Å². The SMILES string of the molecule is NC1CCCn2cccc21.O=C(O)C(=O)O. The molecule has 1 unspecified atom stereocenters. The van der Waals surface area contributed by atoms with Gasteiger partial charge in [-0.25, -0.2) is 9.59 Å². The Balaban J connectivity index is 0.000000187. The average molecular weight is 226 g/mol. The van der Waals surface area contributed by atoms with Crippen LogP contribution in [-0.2, 0) is 16.1 Å². The van der Waals surface area contributed by atoms with Crippen LogP contribution < -0.4 is 5.73 Å². The lowest BCUT2D eigenvalue weighted by molar-refractivity contribution is -0.159. The van der Waals surface area contributed by atoms with Gasteiger partial charge in [-0.15, -0.1) is 0 Å². The summed E-state index contributed by atoms with van der Waals surface area (Å²) in [6.07, 6.45) is 4.47. The molecule has 6 heteroatoms. The van der Waals surface area contributed by atoms with E-state index in [1.807, 2.05) is 0 Å². The van der Waals surface area contributed by atoms with Gasteiger partial charge in [0.1, 0.15) is 0 Å². The standard InChI is InChI=1S/C8H12N2.C2H2O4/c9-7-3-1-5-10-6-2-4-8(7)10;3-1(4)2(5)6/h2,4,6-7H,1,3,5,9H2;(H,3,4)(H,5,6). The zero-order valence-electron chi connectivity index (χ0n) is 8.67. The molecule has 2 heterocycles. The fraction of sp³-hybridized carbons (Fsp3) is 0.400. The topological polar surface area (TPSA) is 106 Å². The molecular formula is C10H14N2O4. The Kier molecular flexibility index (Phi) is 4.07. The van der Waals surface area contributed by atoms with Crippen molar-refractivity contribution in [3.63, 3.8) is 0 Å². The second kappa shape index (κ2) is 5.32. The zero-order valence-corrected chi connectivity index (χ0v) is 8.67. The van der Waals surface area contributed by atoms with Crippen molar-refractivity contribution < 1.29 is 19.8 Å². The van der Waals surface area contributed by atoms with Crippen LogP contribution in [0, 0.1) is 0 Å². The lowest BCUT2D eigenvalue weighted by atomic mass is 10.1. The number of rotatable bonds is 0. The predicted molar refractivity (Wildman–Crippen MR) is 55.9 cm³/mol. The molecule has 4 N–H and O–H groups in total. The third-order valence-corrected chi connectivity index (χ3v) is 2.34. The number of aromatic nitrogens is 1. The molecule has 0 spiro atoms. The quantitative estimate of drug-likeness (QED) is 0.556. The highest BCUT2D eigenvalue weighted by atomic mass is 16.4.